The summed E-state index contributed by atoms with van der Waals surface area (Å²) >= 11 is 12.1. The van der Waals surface area contributed by atoms with Crippen LogP contribution in [0.3, 0.4) is 0 Å². The van der Waals surface area contributed by atoms with E-state index < -0.39 is 0 Å². The molecular formula is C14H19Cl2N. The minimum Gasteiger partial charge on any atom is -0.314 e. The molecule has 2 rings (SSSR count). The quantitative estimate of drug-likeness (QED) is 0.842. The first-order chi connectivity index (χ1) is 8.15. The zero-order chi connectivity index (χ0) is 12.3. The second kappa shape index (κ2) is 6.08. The van der Waals surface area contributed by atoms with Gasteiger partial charge in [-0.3, -0.25) is 0 Å². The maximum atomic E-state index is 6.17. The van der Waals surface area contributed by atoms with Gasteiger partial charge in [-0.25, -0.2) is 0 Å². The fourth-order valence-corrected chi connectivity index (χ4v) is 2.60. The van der Waals surface area contributed by atoms with Crippen molar-refractivity contribution in [3.63, 3.8) is 0 Å². The molecule has 0 bridgehead atoms. The molecule has 0 spiro atoms. The maximum Gasteiger partial charge on any atom is 0.0452 e. The van der Waals surface area contributed by atoms with Crippen molar-refractivity contribution in [2.45, 2.75) is 38.6 Å². The summed E-state index contributed by atoms with van der Waals surface area (Å²) in [5.41, 5.74) is 1.19. The summed E-state index contributed by atoms with van der Waals surface area (Å²) in [5.74, 6) is 0.606. The van der Waals surface area contributed by atoms with Crippen LogP contribution in [-0.4, -0.2) is 12.6 Å². The largest absolute Gasteiger partial charge is 0.314 e. The molecule has 94 valence electrons. The summed E-state index contributed by atoms with van der Waals surface area (Å²) in [6, 6.07) is 6.53. The third kappa shape index (κ3) is 3.87. The number of hydrogen-bond acceptors (Lipinski definition) is 1. The fourth-order valence-electron chi connectivity index (χ4n) is 2.12. The van der Waals surface area contributed by atoms with Crippen molar-refractivity contribution >= 4 is 23.2 Å². The first-order valence-corrected chi connectivity index (χ1v) is 7.08. The van der Waals surface area contributed by atoms with E-state index >= 15 is 0 Å². The Kier molecular flexibility index (Phi) is 4.72. The number of rotatable bonds is 5. The van der Waals surface area contributed by atoms with E-state index in [-0.39, 0.29) is 0 Å². The van der Waals surface area contributed by atoms with Crippen molar-refractivity contribution < 1.29 is 0 Å². The van der Waals surface area contributed by atoms with Crippen LogP contribution in [0.4, 0.5) is 0 Å². The van der Waals surface area contributed by atoms with Gasteiger partial charge < -0.3 is 5.32 Å². The van der Waals surface area contributed by atoms with E-state index in [0.29, 0.717) is 10.9 Å². The molecule has 1 nitrogen and oxygen atoms in total. The molecule has 1 aromatic rings. The zero-order valence-electron chi connectivity index (χ0n) is 10.2. The van der Waals surface area contributed by atoms with Crippen LogP contribution in [-0.2, 0) is 6.42 Å². The number of hydrogen-bond donors (Lipinski definition) is 1. The smallest absolute Gasteiger partial charge is 0.0452 e. The topological polar surface area (TPSA) is 12.0 Å². The Bertz CT molecular complexity index is 374. The second-order valence-electron chi connectivity index (χ2n) is 5.08. The van der Waals surface area contributed by atoms with E-state index in [2.05, 4.69) is 12.2 Å². The van der Waals surface area contributed by atoms with E-state index in [9.17, 15) is 0 Å². The fraction of sp³-hybridized carbons (Fsp3) is 0.571. The molecular weight excluding hydrogens is 253 g/mol. The maximum absolute atomic E-state index is 6.17. The van der Waals surface area contributed by atoms with Crippen molar-refractivity contribution in [1.29, 1.82) is 0 Å². The Morgan fingerprint density at radius 3 is 2.71 bits per heavy atom. The SMILES string of the molecule is CC(CNC1CCC1)Cc1ccc(Cl)cc1Cl. The van der Waals surface area contributed by atoms with Crippen LogP contribution in [0, 0.1) is 5.92 Å². The van der Waals surface area contributed by atoms with Gasteiger partial charge in [-0.15, -0.1) is 0 Å². The van der Waals surface area contributed by atoms with E-state index in [1.165, 1.54) is 24.8 Å². The molecule has 1 aliphatic carbocycles. The molecule has 17 heavy (non-hydrogen) atoms. The van der Waals surface area contributed by atoms with E-state index in [1.54, 1.807) is 0 Å². The summed E-state index contributed by atoms with van der Waals surface area (Å²) in [6.45, 7) is 3.33. The average molecular weight is 272 g/mol. The van der Waals surface area contributed by atoms with E-state index in [1.807, 2.05) is 18.2 Å². The molecule has 3 heteroatoms. The molecule has 0 aliphatic heterocycles. The van der Waals surface area contributed by atoms with Gasteiger partial charge in [0.15, 0.2) is 0 Å². The van der Waals surface area contributed by atoms with Gasteiger partial charge in [-0.05, 0) is 49.4 Å². The van der Waals surface area contributed by atoms with E-state index in [0.717, 1.165) is 24.0 Å². The van der Waals surface area contributed by atoms with Gasteiger partial charge in [0, 0.05) is 16.1 Å². The zero-order valence-corrected chi connectivity index (χ0v) is 11.7. The minimum absolute atomic E-state index is 0.606. The molecule has 0 radical (unpaired) electrons. The van der Waals surface area contributed by atoms with Crippen LogP contribution in [0.2, 0.25) is 10.0 Å². The summed E-state index contributed by atoms with van der Waals surface area (Å²) in [7, 11) is 0. The van der Waals surface area contributed by atoms with Crippen LogP contribution >= 0.6 is 23.2 Å². The summed E-state index contributed by atoms with van der Waals surface area (Å²) in [5, 5.41) is 5.09. The first kappa shape index (κ1) is 13.2. The lowest BCUT2D eigenvalue weighted by molar-refractivity contribution is 0.320. The third-order valence-electron chi connectivity index (χ3n) is 3.44. The highest BCUT2D eigenvalue weighted by atomic mass is 35.5. The predicted octanol–water partition coefficient (Wildman–Crippen LogP) is 4.31. The highest BCUT2D eigenvalue weighted by Crippen LogP contribution is 2.24. The van der Waals surface area contributed by atoms with Gasteiger partial charge in [-0.2, -0.15) is 0 Å². The van der Waals surface area contributed by atoms with Crippen LogP contribution in [0.1, 0.15) is 31.7 Å². The number of halogens is 2. The van der Waals surface area contributed by atoms with Gasteiger partial charge in [-0.1, -0.05) is 42.6 Å². The van der Waals surface area contributed by atoms with Gasteiger partial charge in [0.25, 0.3) is 0 Å². The van der Waals surface area contributed by atoms with Crippen molar-refractivity contribution in [1.82, 2.24) is 5.32 Å². The predicted molar refractivity (Wildman–Crippen MR) is 75.0 cm³/mol. The van der Waals surface area contributed by atoms with Crippen molar-refractivity contribution in [3.05, 3.63) is 33.8 Å². The Labute approximate surface area is 114 Å². The molecule has 0 amide bonds. The molecule has 1 N–H and O–H groups in total. The van der Waals surface area contributed by atoms with Crippen molar-refractivity contribution in [2.75, 3.05) is 6.54 Å². The summed E-state index contributed by atoms with van der Waals surface area (Å²) in [4.78, 5) is 0. The van der Waals surface area contributed by atoms with Gasteiger partial charge in [0.05, 0.1) is 0 Å². The lowest BCUT2D eigenvalue weighted by Gasteiger charge is -2.28. The normalized spacial score (nSPS) is 17.8. The monoisotopic (exact) mass is 271 g/mol. The third-order valence-corrected chi connectivity index (χ3v) is 4.03. The molecule has 1 aliphatic rings. The van der Waals surface area contributed by atoms with Gasteiger partial charge >= 0.3 is 0 Å². The molecule has 1 unspecified atom stereocenters. The number of benzene rings is 1. The van der Waals surface area contributed by atoms with Crippen LogP contribution < -0.4 is 5.32 Å². The summed E-state index contributed by atoms with van der Waals surface area (Å²) in [6.07, 6.45) is 5.08. The lowest BCUT2D eigenvalue weighted by atomic mass is 9.92. The molecule has 1 fully saturated rings. The minimum atomic E-state index is 0.606. The Morgan fingerprint density at radius 1 is 1.35 bits per heavy atom. The summed E-state index contributed by atoms with van der Waals surface area (Å²) < 4.78 is 0. The molecule has 1 atom stereocenters. The van der Waals surface area contributed by atoms with Gasteiger partial charge in [0.1, 0.15) is 0 Å². The Hall–Kier alpha value is -0.240. The lowest BCUT2D eigenvalue weighted by Crippen LogP contribution is -2.38. The molecule has 0 saturated heterocycles. The van der Waals surface area contributed by atoms with Crippen molar-refractivity contribution in [3.8, 4) is 0 Å². The molecule has 1 aromatic carbocycles. The van der Waals surface area contributed by atoms with Crippen molar-refractivity contribution in [2.24, 2.45) is 5.92 Å². The molecule has 0 aromatic heterocycles. The average Bonchev–Trinajstić information content (AvgIpc) is 2.20. The van der Waals surface area contributed by atoms with E-state index in [4.69, 9.17) is 23.2 Å². The van der Waals surface area contributed by atoms with Gasteiger partial charge in [0.2, 0.25) is 0 Å². The highest BCUT2D eigenvalue weighted by Gasteiger charge is 2.17. The first-order valence-electron chi connectivity index (χ1n) is 6.32. The standard InChI is InChI=1S/C14H19Cl2N/c1-10(9-17-13-3-2-4-13)7-11-5-6-12(15)8-14(11)16/h5-6,8,10,13,17H,2-4,7,9H2,1H3. The Morgan fingerprint density at radius 2 is 2.12 bits per heavy atom. The molecule has 0 heterocycles. The Balaban J connectivity index is 1.81. The van der Waals surface area contributed by atoms with Crippen LogP contribution in [0.5, 0.6) is 0 Å². The molecule has 1 saturated carbocycles. The second-order valence-corrected chi connectivity index (χ2v) is 5.92. The van der Waals surface area contributed by atoms with Crippen LogP contribution in [0.15, 0.2) is 18.2 Å². The highest BCUT2D eigenvalue weighted by molar-refractivity contribution is 6.35. The number of nitrogens with one attached hydrogen (secondary N) is 1. The van der Waals surface area contributed by atoms with Crippen LogP contribution in [0.25, 0.3) is 0 Å².